The summed E-state index contributed by atoms with van der Waals surface area (Å²) < 4.78 is 7.69. The molecule has 0 aliphatic heterocycles. The molecule has 0 bridgehead atoms. The number of aromatic amines is 1. The van der Waals surface area contributed by atoms with Crippen LogP contribution in [-0.4, -0.2) is 31.8 Å². The zero-order valence-electron chi connectivity index (χ0n) is 15.6. The average Bonchev–Trinajstić information content (AvgIpc) is 3.14. The Morgan fingerprint density at radius 2 is 2.00 bits per heavy atom. The number of H-pyrrole nitrogens is 1. The number of fused-ring (bicyclic) bond motifs is 1. The lowest BCUT2D eigenvalue weighted by molar-refractivity contribution is 0.309. The minimum Gasteiger partial charge on any atom is -0.494 e. The number of aryl methyl sites for hydroxylation is 2. The fourth-order valence-corrected chi connectivity index (χ4v) is 3.12. The predicted molar refractivity (Wildman–Crippen MR) is 106 cm³/mol. The summed E-state index contributed by atoms with van der Waals surface area (Å²) in [6, 6.07) is 17.2. The van der Waals surface area contributed by atoms with Crippen LogP contribution in [0.2, 0.25) is 0 Å². The molecule has 0 unspecified atom stereocenters. The maximum absolute atomic E-state index is 11.3. The normalized spacial score (nSPS) is 11.0. The molecule has 4 rings (SSSR count). The van der Waals surface area contributed by atoms with E-state index in [2.05, 4.69) is 39.6 Å². The Balaban J connectivity index is 1.34. The second-order valence-corrected chi connectivity index (χ2v) is 6.70. The van der Waals surface area contributed by atoms with E-state index in [1.807, 2.05) is 35.0 Å². The van der Waals surface area contributed by atoms with Gasteiger partial charge in [0.2, 0.25) is 5.56 Å². The van der Waals surface area contributed by atoms with Crippen LogP contribution in [0.25, 0.3) is 10.9 Å². The van der Waals surface area contributed by atoms with Crippen molar-refractivity contribution >= 4 is 10.9 Å². The van der Waals surface area contributed by atoms with Crippen LogP contribution in [-0.2, 0) is 13.0 Å². The van der Waals surface area contributed by atoms with Crippen LogP contribution >= 0.6 is 0 Å². The van der Waals surface area contributed by atoms with E-state index in [0.717, 1.165) is 35.3 Å². The molecule has 7 nitrogen and oxygen atoms in total. The molecular formula is C21H21N5O2. The number of tetrazole rings is 1. The van der Waals surface area contributed by atoms with Crippen molar-refractivity contribution in [1.29, 1.82) is 0 Å². The van der Waals surface area contributed by atoms with Gasteiger partial charge in [-0.2, -0.15) is 0 Å². The Labute approximate surface area is 162 Å². The van der Waals surface area contributed by atoms with Crippen molar-refractivity contribution in [3.63, 3.8) is 0 Å². The maximum atomic E-state index is 11.3. The number of benzene rings is 2. The van der Waals surface area contributed by atoms with Crippen LogP contribution in [0.15, 0.2) is 59.4 Å². The molecule has 28 heavy (non-hydrogen) atoms. The molecule has 0 atom stereocenters. The monoisotopic (exact) mass is 375 g/mol. The number of rotatable bonds is 7. The van der Waals surface area contributed by atoms with Crippen molar-refractivity contribution in [3.8, 4) is 5.75 Å². The quantitative estimate of drug-likeness (QED) is 0.502. The summed E-state index contributed by atoms with van der Waals surface area (Å²) in [4.78, 5) is 14.1. The van der Waals surface area contributed by atoms with Gasteiger partial charge in [-0.3, -0.25) is 4.79 Å². The van der Waals surface area contributed by atoms with Gasteiger partial charge in [-0.1, -0.05) is 24.3 Å². The first kappa shape index (κ1) is 17.9. The second kappa shape index (κ2) is 8.04. The van der Waals surface area contributed by atoms with Gasteiger partial charge < -0.3 is 9.72 Å². The van der Waals surface area contributed by atoms with Crippen molar-refractivity contribution in [2.24, 2.45) is 0 Å². The molecule has 4 aromatic rings. The molecule has 7 heteroatoms. The Kier molecular flexibility index (Phi) is 5.14. The minimum absolute atomic E-state index is 0.107. The first-order valence-corrected chi connectivity index (χ1v) is 9.24. The summed E-state index contributed by atoms with van der Waals surface area (Å²) in [7, 11) is 0. The lowest BCUT2D eigenvalue weighted by atomic mass is 10.1. The van der Waals surface area contributed by atoms with Crippen LogP contribution in [0.5, 0.6) is 5.75 Å². The lowest BCUT2D eigenvalue weighted by Crippen LogP contribution is -2.10. The van der Waals surface area contributed by atoms with Crippen molar-refractivity contribution in [1.82, 2.24) is 25.2 Å². The summed E-state index contributed by atoms with van der Waals surface area (Å²) >= 11 is 0. The molecule has 2 heterocycles. The van der Waals surface area contributed by atoms with E-state index in [1.54, 1.807) is 6.07 Å². The summed E-state index contributed by atoms with van der Waals surface area (Å²) in [6.45, 7) is 3.32. The predicted octanol–water partition coefficient (Wildman–Crippen LogP) is 2.88. The molecule has 142 valence electrons. The van der Waals surface area contributed by atoms with Crippen LogP contribution in [0.4, 0.5) is 0 Å². The van der Waals surface area contributed by atoms with Crippen LogP contribution < -0.4 is 10.3 Å². The zero-order chi connectivity index (χ0) is 19.3. The zero-order valence-corrected chi connectivity index (χ0v) is 15.6. The SMILES string of the molecule is Cc1ccccc1Cn1nnnc1CCCOc1ccc2[nH]c(=O)ccc2c1. The second-order valence-electron chi connectivity index (χ2n) is 6.70. The standard InChI is InChI=1S/C21H21N5O2/c1-15-5-2-3-6-17(15)14-26-20(23-24-25-26)7-4-12-28-18-9-10-19-16(13-18)8-11-21(27)22-19/h2-3,5-6,8-11,13H,4,7,12,14H2,1H3,(H,22,27). The minimum atomic E-state index is -0.107. The van der Waals surface area contributed by atoms with Crippen molar-refractivity contribution in [2.75, 3.05) is 6.61 Å². The molecule has 0 fully saturated rings. The van der Waals surface area contributed by atoms with E-state index in [1.165, 1.54) is 17.2 Å². The summed E-state index contributed by atoms with van der Waals surface area (Å²) in [5.74, 6) is 1.63. The number of ether oxygens (including phenoxy) is 1. The smallest absolute Gasteiger partial charge is 0.248 e. The van der Waals surface area contributed by atoms with Crippen LogP contribution in [0.3, 0.4) is 0 Å². The van der Waals surface area contributed by atoms with Gasteiger partial charge in [0.15, 0.2) is 5.82 Å². The summed E-state index contributed by atoms with van der Waals surface area (Å²) in [6.07, 6.45) is 1.54. The third-order valence-corrected chi connectivity index (χ3v) is 4.70. The van der Waals surface area contributed by atoms with E-state index in [-0.39, 0.29) is 5.56 Å². The number of aromatic nitrogens is 5. The molecule has 1 N–H and O–H groups in total. The molecule has 0 radical (unpaired) electrons. The Morgan fingerprint density at radius 3 is 2.89 bits per heavy atom. The Bertz CT molecular complexity index is 1150. The van der Waals surface area contributed by atoms with E-state index in [4.69, 9.17) is 4.74 Å². The fourth-order valence-electron chi connectivity index (χ4n) is 3.12. The van der Waals surface area contributed by atoms with E-state index in [0.29, 0.717) is 13.2 Å². The van der Waals surface area contributed by atoms with Gasteiger partial charge in [0.05, 0.1) is 13.2 Å². The summed E-state index contributed by atoms with van der Waals surface area (Å²) in [5, 5.41) is 13.0. The fraction of sp³-hybridized carbons (Fsp3) is 0.238. The first-order chi connectivity index (χ1) is 13.7. The van der Waals surface area contributed by atoms with E-state index >= 15 is 0 Å². The molecule has 0 amide bonds. The largest absolute Gasteiger partial charge is 0.494 e. The number of hydrogen-bond donors (Lipinski definition) is 1. The number of hydrogen-bond acceptors (Lipinski definition) is 5. The highest BCUT2D eigenvalue weighted by Crippen LogP contribution is 2.18. The highest BCUT2D eigenvalue weighted by Gasteiger charge is 2.08. The topological polar surface area (TPSA) is 85.7 Å². The van der Waals surface area contributed by atoms with Gasteiger partial charge in [-0.15, -0.1) is 5.10 Å². The maximum Gasteiger partial charge on any atom is 0.248 e. The van der Waals surface area contributed by atoms with Gasteiger partial charge >= 0.3 is 0 Å². The van der Waals surface area contributed by atoms with Gasteiger partial charge in [-0.05, 0) is 59.2 Å². The lowest BCUT2D eigenvalue weighted by Gasteiger charge is -2.09. The molecule has 0 spiro atoms. The third-order valence-electron chi connectivity index (χ3n) is 4.70. The van der Waals surface area contributed by atoms with Crippen molar-refractivity contribution in [3.05, 3.63) is 81.9 Å². The van der Waals surface area contributed by atoms with Gasteiger partial charge in [0.1, 0.15) is 5.75 Å². The van der Waals surface area contributed by atoms with Crippen molar-refractivity contribution in [2.45, 2.75) is 26.3 Å². The van der Waals surface area contributed by atoms with E-state index < -0.39 is 0 Å². The highest BCUT2D eigenvalue weighted by atomic mass is 16.5. The van der Waals surface area contributed by atoms with E-state index in [9.17, 15) is 4.79 Å². The number of nitrogens with one attached hydrogen (secondary N) is 1. The molecule has 2 aromatic carbocycles. The Morgan fingerprint density at radius 1 is 1.11 bits per heavy atom. The molecular weight excluding hydrogens is 354 g/mol. The first-order valence-electron chi connectivity index (χ1n) is 9.24. The molecule has 0 saturated carbocycles. The Hall–Kier alpha value is -3.48. The average molecular weight is 375 g/mol. The van der Waals surface area contributed by atoms with Gasteiger partial charge in [-0.25, -0.2) is 4.68 Å². The molecule has 0 aliphatic rings. The van der Waals surface area contributed by atoms with Crippen LogP contribution in [0, 0.1) is 6.92 Å². The summed E-state index contributed by atoms with van der Waals surface area (Å²) in [5.41, 5.74) is 3.13. The molecule has 0 saturated heterocycles. The van der Waals surface area contributed by atoms with Crippen LogP contribution in [0.1, 0.15) is 23.4 Å². The highest BCUT2D eigenvalue weighted by molar-refractivity contribution is 5.79. The number of nitrogens with zero attached hydrogens (tertiary/aromatic N) is 4. The van der Waals surface area contributed by atoms with Crippen molar-refractivity contribution < 1.29 is 4.74 Å². The van der Waals surface area contributed by atoms with Gasteiger partial charge in [0, 0.05) is 23.4 Å². The van der Waals surface area contributed by atoms with Gasteiger partial charge in [0.25, 0.3) is 0 Å². The third kappa shape index (κ3) is 4.09. The molecule has 0 aliphatic carbocycles. The number of pyridine rings is 1. The molecule has 2 aromatic heterocycles.